The lowest BCUT2D eigenvalue weighted by Gasteiger charge is -2.01. The molecule has 0 aromatic carbocycles. The van der Waals surface area contributed by atoms with E-state index in [1.54, 1.807) is 6.92 Å². The lowest BCUT2D eigenvalue weighted by molar-refractivity contribution is -0.149. The molecule has 0 saturated heterocycles. The van der Waals surface area contributed by atoms with Crippen LogP contribution in [0.3, 0.4) is 0 Å². The van der Waals surface area contributed by atoms with Crippen molar-refractivity contribution in [3.63, 3.8) is 0 Å². The van der Waals surface area contributed by atoms with Crippen molar-refractivity contribution in [1.29, 1.82) is 0 Å². The number of ether oxygens (including phenoxy) is 1. The summed E-state index contributed by atoms with van der Waals surface area (Å²) in [6.07, 6.45) is 0.216. The molecule has 5 heteroatoms. The summed E-state index contributed by atoms with van der Waals surface area (Å²) in [4.78, 5) is 31.5. The van der Waals surface area contributed by atoms with Gasteiger partial charge < -0.3 is 4.74 Å². The molecule has 0 aliphatic rings. The molecule has 0 radical (unpaired) electrons. The maximum absolute atomic E-state index is 10.7. The Balaban J connectivity index is 3.57. The van der Waals surface area contributed by atoms with Crippen LogP contribution >= 0.6 is 0 Å². The minimum absolute atomic E-state index is 0.216. The van der Waals surface area contributed by atoms with Crippen molar-refractivity contribution < 1.29 is 19.1 Å². The third-order valence-electron chi connectivity index (χ3n) is 0.968. The van der Waals surface area contributed by atoms with Gasteiger partial charge >= 0.3 is 5.97 Å². The summed E-state index contributed by atoms with van der Waals surface area (Å²) < 4.78 is 4.45. The van der Waals surface area contributed by atoms with Crippen molar-refractivity contribution in [2.75, 3.05) is 6.61 Å². The normalized spacial score (nSPS) is 8.83. The quantitative estimate of drug-likeness (QED) is 0.589. The summed E-state index contributed by atoms with van der Waals surface area (Å²) in [6.45, 7) is 2.43. The van der Waals surface area contributed by atoms with Gasteiger partial charge in [0.15, 0.2) is 6.61 Å². The van der Waals surface area contributed by atoms with Crippen LogP contribution in [-0.4, -0.2) is 24.4 Å². The SMILES string of the molecule is CCC(=O)OCC(=O)NC(C)=O. The van der Waals surface area contributed by atoms with Crippen LogP contribution in [0.1, 0.15) is 20.3 Å². The van der Waals surface area contributed by atoms with Crippen molar-refractivity contribution in [3.05, 3.63) is 0 Å². The van der Waals surface area contributed by atoms with E-state index < -0.39 is 24.4 Å². The molecule has 0 aromatic rings. The van der Waals surface area contributed by atoms with E-state index in [2.05, 4.69) is 4.74 Å². The van der Waals surface area contributed by atoms with Gasteiger partial charge in [-0.15, -0.1) is 0 Å². The van der Waals surface area contributed by atoms with Gasteiger partial charge in [0.2, 0.25) is 5.91 Å². The Bertz CT molecular complexity index is 200. The molecule has 0 fully saturated rings. The topological polar surface area (TPSA) is 72.5 Å². The summed E-state index contributed by atoms with van der Waals surface area (Å²) in [5, 5.41) is 1.97. The van der Waals surface area contributed by atoms with Crippen LogP contribution < -0.4 is 5.32 Å². The molecule has 2 amide bonds. The zero-order chi connectivity index (χ0) is 9.56. The van der Waals surface area contributed by atoms with E-state index in [1.165, 1.54) is 6.92 Å². The van der Waals surface area contributed by atoms with Crippen molar-refractivity contribution >= 4 is 17.8 Å². The number of carbonyl (C=O) groups excluding carboxylic acids is 3. The molecule has 1 N–H and O–H groups in total. The fourth-order valence-corrected chi connectivity index (χ4v) is 0.481. The molecule has 0 aromatic heterocycles. The highest BCUT2D eigenvalue weighted by atomic mass is 16.5. The zero-order valence-corrected chi connectivity index (χ0v) is 7.05. The van der Waals surface area contributed by atoms with Gasteiger partial charge in [0, 0.05) is 13.3 Å². The Morgan fingerprint density at radius 3 is 2.33 bits per heavy atom. The summed E-state index contributed by atoms with van der Waals surface area (Å²) in [5.74, 6) is -1.54. The van der Waals surface area contributed by atoms with Gasteiger partial charge in [-0.3, -0.25) is 19.7 Å². The largest absolute Gasteiger partial charge is 0.456 e. The molecule has 0 spiro atoms. The second-order valence-electron chi connectivity index (χ2n) is 2.12. The molecule has 0 aliphatic carbocycles. The minimum Gasteiger partial charge on any atom is -0.456 e. The molecular formula is C7H11NO4. The Hall–Kier alpha value is -1.39. The van der Waals surface area contributed by atoms with E-state index in [0.29, 0.717) is 0 Å². The summed E-state index contributed by atoms with van der Waals surface area (Å²) in [5.41, 5.74) is 0. The van der Waals surface area contributed by atoms with Crippen molar-refractivity contribution in [2.45, 2.75) is 20.3 Å². The predicted octanol–water partition coefficient (Wildman–Crippen LogP) is -0.398. The second kappa shape index (κ2) is 5.29. The molecule has 0 heterocycles. The van der Waals surface area contributed by atoms with Gasteiger partial charge in [-0.05, 0) is 0 Å². The summed E-state index contributed by atoms with van der Waals surface area (Å²) in [7, 11) is 0. The fourth-order valence-electron chi connectivity index (χ4n) is 0.481. The fraction of sp³-hybridized carbons (Fsp3) is 0.571. The second-order valence-corrected chi connectivity index (χ2v) is 2.12. The first-order valence-corrected chi connectivity index (χ1v) is 3.52. The number of imide groups is 1. The lowest BCUT2D eigenvalue weighted by atomic mass is 10.5. The smallest absolute Gasteiger partial charge is 0.306 e. The van der Waals surface area contributed by atoms with E-state index in [0.717, 1.165) is 0 Å². The van der Waals surface area contributed by atoms with Crippen molar-refractivity contribution in [2.24, 2.45) is 0 Å². The van der Waals surface area contributed by atoms with Crippen LogP contribution in [0.5, 0.6) is 0 Å². The first-order valence-electron chi connectivity index (χ1n) is 3.52. The van der Waals surface area contributed by atoms with Crippen molar-refractivity contribution in [1.82, 2.24) is 5.32 Å². The highest BCUT2D eigenvalue weighted by Crippen LogP contribution is 1.83. The summed E-state index contributed by atoms with van der Waals surface area (Å²) >= 11 is 0. The lowest BCUT2D eigenvalue weighted by Crippen LogP contribution is -2.32. The number of nitrogens with one attached hydrogen (secondary N) is 1. The number of rotatable bonds is 3. The van der Waals surface area contributed by atoms with Crippen LogP contribution in [0, 0.1) is 0 Å². The third-order valence-corrected chi connectivity index (χ3v) is 0.968. The predicted molar refractivity (Wildman–Crippen MR) is 40.1 cm³/mol. The third kappa shape index (κ3) is 5.40. The first kappa shape index (κ1) is 10.6. The van der Waals surface area contributed by atoms with E-state index in [-0.39, 0.29) is 6.42 Å². The van der Waals surface area contributed by atoms with E-state index in [4.69, 9.17) is 0 Å². The highest BCUT2D eigenvalue weighted by Gasteiger charge is 2.05. The molecule has 0 rings (SSSR count). The van der Waals surface area contributed by atoms with Gasteiger partial charge in [-0.2, -0.15) is 0 Å². The Morgan fingerprint density at radius 1 is 1.33 bits per heavy atom. The summed E-state index contributed by atoms with van der Waals surface area (Å²) in [6, 6.07) is 0. The van der Waals surface area contributed by atoms with Crippen LogP contribution in [0.25, 0.3) is 0 Å². The van der Waals surface area contributed by atoms with Gasteiger partial charge in [0.1, 0.15) is 0 Å². The van der Waals surface area contributed by atoms with E-state index in [1.807, 2.05) is 5.32 Å². The molecule has 68 valence electrons. The average molecular weight is 173 g/mol. The molecule has 5 nitrogen and oxygen atoms in total. The molecule has 0 saturated carbocycles. The number of carbonyl (C=O) groups is 3. The Morgan fingerprint density at radius 2 is 1.92 bits per heavy atom. The van der Waals surface area contributed by atoms with Crippen LogP contribution in [0.15, 0.2) is 0 Å². The van der Waals surface area contributed by atoms with Gasteiger partial charge in [0.05, 0.1) is 0 Å². The zero-order valence-electron chi connectivity index (χ0n) is 7.05. The van der Waals surface area contributed by atoms with E-state index >= 15 is 0 Å². The number of hydrogen-bond donors (Lipinski definition) is 1. The van der Waals surface area contributed by atoms with Crippen molar-refractivity contribution in [3.8, 4) is 0 Å². The van der Waals surface area contributed by atoms with E-state index in [9.17, 15) is 14.4 Å². The molecular weight excluding hydrogens is 162 g/mol. The molecule has 12 heavy (non-hydrogen) atoms. The Kier molecular flexibility index (Phi) is 4.67. The first-order chi connectivity index (χ1) is 5.56. The van der Waals surface area contributed by atoms with Crippen LogP contribution in [-0.2, 0) is 19.1 Å². The number of amides is 2. The maximum atomic E-state index is 10.7. The standard InChI is InChI=1S/C7H11NO4/c1-3-7(11)12-4-6(10)8-5(2)9/h3-4H2,1-2H3,(H,8,9,10). The molecule has 0 aliphatic heterocycles. The maximum Gasteiger partial charge on any atom is 0.306 e. The van der Waals surface area contributed by atoms with Crippen LogP contribution in [0.4, 0.5) is 0 Å². The van der Waals surface area contributed by atoms with Gasteiger partial charge in [-0.25, -0.2) is 0 Å². The molecule has 0 atom stereocenters. The monoisotopic (exact) mass is 173 g/mol. The van der Waals surface area contributed by atoms with Crippen LogP contribution in [0.2, 0.25) is 0 Å². The number of hydrogen-bond acceptors (Lipinski definition) is 4. The molecule has 0 bridgehead atoms. The average Bonchev–Trinajstić information content (AvgIpc) is 1.99. The van der Waals surface area contributed by atoms with Gasteiger partial charge in [-0.1, -0.05) is 6.92 Å². The van der Waals surface area contributed by atoms with Gasteiger partial charge in [0.25, 0.3) is 5.91 Å². The highest BCUT2D eigenvalue weighted by molar-refractivity contribution is 5.95. The molecule has 0 unspecified atom stereocenters. The number of esters is 1. The minimum atomic E-state index is -0.607. The Labute approximate surface area is 70.1 Å².